The first-order valence-corrected chi connectivity index (χ1v) is 7.38. The van der Waals surface area contributed by atoms with E-state index in [2.05, 4.69) is 5.32 Å². The lowest BCUT2D eigenvalue weighted by atomic mass is 9.99. The van der Waals surface area contributed by atoms with Crippen molar-refractivity contribution in [3.63, 3.8) is 0 Å². The molecule has 1 N–H and O–H groups in total. The normalized spacial score (nSPS) is 24.0. The number of rotatable bonds is 3. The van der Waals surface area contributed by atoms with Gasteiger partial charge in [0.1, 0.15) is 6.04 Å². The minimum Gasteiger partial charge on any atom is -0.345 e. The summed E-state index contributed by atoms with van der Waals surface area (Å²) >= 11 is 0. The number of hydrogen-bond acceptors (Lipinski definition) is 2. The molecule has 1 unspecified atom stereocenters. The molecule has 0 bridgehead atoms. The summed E-state index contributed by atoms with van der Waals surface area (Å²) in [5.41, 5.74) is 1.10. The molecule has 3 rings (SSSR count). The van der Waals surface area contributed by atoms with E-state index in [0.29, 0.717) is 6.42 Å². The van der Waals surface area contributed by atoms with Crippen molar-refractivity contribution in [2.24, 2.45) is 0 Å². The van der Waals surface area contributed by atoms with Crippen LogP contribution >= 0.6 is 0 Å². The van der Waals surface area contributed by atoms with Crippen molar-refractivity contribution in [1.29, 1.82) is 0 Å². The average Bonchev–Trinajstić information content (AvgIpc) is 2.98. The van der Waals surface area contributed by atoms with Crippen LogP contribution in [0.2, 0.25) is 0 Å². The number of nitrogens with one attached hydrogen (secondary N) is 1. The van der Waals surface area contributed by atoms with Gasteiger partial charge in [0.2, 0.25) is 11.8 Å². The van der Waals surface area contributed by atoms with Crippen LogP contribution in [-0.2, 0) is 16.0 Å². The highest BCUT2D eigenvalue weighted by Gasteiger charge is 2.39. The number of amides is 2. The van der Waals surface area contributed by atoms with Crippen molar-refractivity contribution in [2.75, 3.05) is 6.54 Å². The van der Waals surface area contributed by atoms with Crippen molar-refractivity contribution in [1.82, 2.24) is 10.2 Å². The summed E-state index contributed by atoms with van der Waals surface area (Å²) in [5.74, 6) is 0.0535. The predicted octanol–water partition coefficient (Wildman–Crippen LogP) is 1.50. The maximum atomic E-state index is 12.2. The fourth-order valence-corrected chi connectivity index (χ4v) is 3.34. The maximum Gasteiger partial charge on any atom is 0.243 e. The molecule has 2 aliphatic rings. The lowest BCUT2D eigenvalue weighted by Crippen LogP contribution is -2.61. The topological polar surface area (TPSA) is 49.4 Å². The van der Waals surface area contributed by atoms with E-state index in [4.69, 9.17) is 0 Å². The first kappa shape index (κ1) is 13.2. The Morgan fingerprint density at radius 3 is 2.50 bits per heavy atom. The zero-order valence-electron chi connectivity index (χ0n) is 11.5. The van der Waals surface area contributed by atoms with Gasteiger partial charge in [-0.15, -0.1) is 0 Å². The number of piperazine rings is 1. The molecule has 4 heteroatoms. The van der Waals surface area contributed by atoms with Crippen LogP contribution in [0.5, 0.6) is 0 Å². The summed E-state index contributed by atoms with van der Waals surface area (Å²) in [4.78, 5) is 26.3. The Morgan fingerprint density at radius 2 is 1.80 bits per heavy atom. The number of hydrogen-bond donors (Lipinski definition) is 1. The van der Waals surface area contributed by atoms with Gasteiger partial charge < -0.3 is 10.2 Å². The van der Waals surface area contributed by atoms with Gasteiger partial charge in [-0.05, 0) is 18.4 Å². The number of benzene rings is 1. The lowest BCUT2D eigenvalue weighted by molar-refractivity contribution is -0.148. The van der Waals surface area contributed by atoms with Crippen LogP contribution in [0.15, 0.2) is 30.3 Å². The van der Waals surface area contributed by atoms with Crippen molar-refractivity contribution < 1.29 is 9.59 Å². The smallest absolute Gasteiger partial charge is 0.243 e. The Balaban J connectivity index is 1.82. The van der Waals surface area contributed by atoms with Crippen molar-refractivity contribution >= 4 is 11.8 Å². The molecule has 1 aromatic rings. The fraction of sp³-hybridized carbons (Fsp3) is 0.500. The van der Waals surface area contributed by atoms with Crippen LogP contribution in [0.25, 0.3) is 0 Å². The Hall–Kier alpha value is -1.84. The molecule has 20 heavy (non-hydrogen) atoms. The molecule has 106 valence electrons. The first-order valence-electron chi connectivity index (χ1n) is 7.38. The van der Waals surface area contributed by atoms with Gasteiger partial charge in [-0.3, -0.25) is 9.59 Å². The van der Waals surface area contributed by atoms with Crippen LogP contribution in [0.4, 0.5) is 0 Å². The molecule has 1 aliphatic heterocycles. The van der Waals surface area contributed by atoms with Crippen molar-refractivity contribution in [2.45, 2.75) is 44.2 Å². The molecule has 1 saturated heterocycles. The molecule has 2 amide bonds. The van der Waals surface area contributed by atoms with Gasteiger partial charge >= 0.3 is 0 Å². The monoisotopic (exact) mass is 272 g/mol. The third kappa shape index (κ3) is 2.55. The molecule has 1 saturated carbocycles. The molecular weight excluding hydrogens is 252 g/mol. The summed E-state index contributed by atoms with van der Waals surface area (Å²) in [5, 5.41) is 2.73. The minimum absolute atomic E-state index is 0.0136. The van der Waals surface area contributed by atoms with Gasteiger partial charge in [-0.2, -0.15) is 0 Å². The van der Waals surface area contributed by atoms with Gasteiger partial charge in [0.15, 0.2) is 0 Å². The third-order valence-electron chi connectivity index (χ3n) is 4.33. The molecule has 4 nitrogen and oxygen atoms in total. The minimum atomic E-state index is -0.346. The zero-order chi connectivity index (χ0) is 13.9. The summed E-state index contributed by atoms with van der Waals surface area (Å²) in [7, 11) is 0. The number of carbonyl (C=O) groups is 2. The Morgan fingerprint density at radius 1 is 1.10 bits per heavy atom. The highest BCUT2D eigenvalue weighted by molar-refractivity contribution is 5.95. The van der Waals surface area contributed by atoms with Crippen LogP contribution in [0, 0.1) is 0 Å². The van der Waals surface area contributed by atoms with Crippen molar-refractivity contribution in [3.05, 3.63) is 35.9 Å². The van der Waals surface area contributed by atoms with E-state index >= 15 is 0 Å². The van der Waals surface area contributed by atoms with Crippen LogP contribution in [-0.4, -0.2) is 35.3 Å². The molecule has 0 aromatic heterocycles. The van der Waals surface area contributed by atoms with Crippen LogP contribution < -0.4 is 5.32 Å². The number of carbonyl (C=O) groups excluding carboxylic acids is 2. The van der Waals surface area contributed by atoms with Gasteiger partial charge in [0.05, 0.1) is 6.54 Å². The van der Waals surface area contributed by atoms with Gasteiger partial charge in [-0.25, -0.2) is 0 Å². The third-order valence-corrected chi connectivity index (χ3v) is 4.33. The molecule has 2 fully saturated rings. The summed E-state index contributed by atoms with van der Waals surface area (Å²) < 4.78 is 0. The summed E-state index contributed by atoms with van der Waals surface area (Å²) in [6, 6.07) is 9.84. The number of nitrogens with zero attached hydrogens (tertiary/aromatic N) is 1. The fourth-order valence-electron chi connectivity index (χ4n) is 3.34. The van der Waals surface area contributed by atoms with E-state index in [1.807, 2.05) is 35.2 Å². The van der Waals surface area contributed by atoms with E-state index in [1.165, 1.54) is 0 Å². The van der Waals surface area contributed by atoms with Crippen LogP contribution in [0.3, 0.4) is 0 Å². The van der Waals surface area contributed by atoms with E-state index in [0.717, 1.165) is 31.2 Å². The second-order valence-corrected chi connectivity index (χ2v) is 5.66. The first-order chi connectivity index (χ1) is 9.75. The van der Waals surface area contributed by atoms with Gasteiger partial charge in [-0.1, -0.05) is 43.2 Å². The largest absolute Gasteiger partial charge is 0.345 e. The second-order valence-electron chi connectivity index (χ2n) is 5.66. The standard InChI is InChI=1S/C16H20N2O2/c19-15-11-17-16(20)14(10-12-6-2-1-3-7-12)18(15)13-8-4-5-9-13/h1-3,6-7,13-14H,4-5,8-11H2,(H,17,20). The average molecular weight is 272 g/mol. The molecule has 1 heterocycles. The van der Waals surface area contributed by atoms with E-state index in [-0.39, 0.29) is 30.4 Å². The second kappa shape index (κ2) is 5.65. The molecule has 1 aliphatic carbocycles. The van der Waals surface area contributed by atoms with E-state index < -0.39 is 0 Å². The SMILES string of the molecule is O=C1NCC(=O)N(C2CCCC2)C1Cc1ccccc1. The molecule has 0 spiro atoms. The predicted molar refractivity (Wildman–Crippen MR) is 76.0 cm³/mol. The molecule has 1 atom stereocenters. The Kier molecular flexibility index (Phi) is 3.72. The zero-order valence-corrected chi connectivity index (χ0v) is 11.5. The molecular formula is C16H20N2O2. The Bertz CT molecular complexity index is 494. The molecule has 1 aromatic carbocycles. The lowest BCUT2D eigenvalue weighted by Gasteiger charge is -2.39. The Labute approximate surface area is 119 Å². The van der Waals surface area contributed by atoms with Crippen LogP contribution in [0.1, 0.15) is 31.2 Å². The van der Waals surface area contributed by atoms with E-state index in [1.54, 1.807) is 0 Å². The van der Waals surface area contributed by atoms with E-state index in [9.17, 15) is 9.59 Å². The highest BCUT2D eigenvalue weighted by Crippen LogP contribution is 2.27. The summed E-state index contributed by atoms with van der Waals surface area (Å²) in [6.45, 7) is 0.153. The van der Waals surface area contributed by atoms with Crippen molar-refractivity contribution in [3.8, 4) is 0 Å². The maximum absolute atomic E-state index is 12.2. The molecule has 0 radical (unpaired) electrons. The quantitative estimate of drug-likeness (QED) is 0.906. The van der Waals surface area contributed by atoms with Gasteiger partial charge in [0, 0.05) is 12.5 Å². The summed E-state index contributed by atoms with van der Waals surface area (Å²) in [6.07, 6.45) is 4.99. The highest BCUT2D eigenvalue weighted by atomic mass is 16.2. The van der Waals surface area contributed by atoms with Gasteiger partial charge in [0.25, 0.3) is 0 Å².